The van der Waals surface area contributed by atoms with Crippen LogP contribution in [0.1, 0.15) is 10.4 Å². The lowest BCUT2D eigenvalue weighted by molar-refractivity contribution is 0.275. The maximum atomic E-state index is 9.59. The van der Waals surface area contributed by atoms with Crippen LogP contribution in [-0.4, -0.2) is 17.1 Å². The van der Waals surface area contributed by atoms with E-state index in [4.69, 9.17) is 9.39 Å². The van der Waals surface area contributed by atoms with Gasteiger partial charge in [-0.15, -0.1) is 0 Å². The van der Waals surface area contributed by atoms with Gasteiger partial charge >= 0.3 is 7.12 Å². The van der Waals surface area contributed by atoms with E-state index in [2.05, 4.69) is 4.98 Å². The highest BCUT2D eigenvalue weighted by molar-refractivity contribution is 7.13. The number of aromatic nitrogens is 1. The molecule has 0 unspecified atom stereocenters. The van der Waals surface area contributed by atoms with Crippen molar-refractivity contribution in [3.63, 3.8) is 0 Å². The average Bonchev–Trinajstić information content (AvgIpc) is 2.87. The Morgan fingerprint density at radius 3 is 3.18 bits per heavy atom. The van der Waals surface area contributed by atoms with Gasteiger partial charge in [-0.05, 0) is 30.1 Å². The molecule has 1 aliphatic heterocycles. The van der Waals surface area contributed by atoms with Gasteiger partial charge in [0, 0.05) is 11.1 Å². The summed E-state index contributed by atoms with van der Waals surface area (Å²) < 4.78 is 10.7. The molecule has 0 saturated carbocycles. The first kappa shape index (κ1) is 10.8. The van der Waals surface area contributed by atoms with Crippen molar-refractivity contribution >= 4 is 23.9 Å². The van der Waals surface area contributed by atoms with Crippen molar-refractivity contribution in [1.82, 2.24) is 4.98 Å². The first-order valence-electron chi connectivity index (χ1n) is 5.25. The zero-order chi connectivity index (χ0) is 11.8. The Morgan fingerprint density at radius 2 is 2.41 bits per heavy atom. The van der Waals surface area contributed by atoms with Crippen molar-refractivity contribution in [2.45, 2.75) is 13.5 Å². The third-order valence-electron chi connectivity index (χ3n) is 2.59. The van der Waals surface area contributed by atoms with Crippen LogP contribution in [-0.2, 0) is 11.3 Å². The second-order valence-corrected chi connectivity index (χ2v) is 5.06. The average molecular weight is 247 g/mol. The van der Waals surface area contributed by atoms with Crippen LogP contribution in [0.15, 0.2) is 24.4 Å². The summed E-state index contributed by atoms with van der Waals surface area (Å²) >= 11 is 1.49. The van der Waals surface area contributed by atoms with E-state index >= 15 is 0 Å². The summed E-state index contributed by atoms with van der Waals surface area (Å²) in [5, 5.41) is 10.2. The molecule has 4 nitrogen and oxygen atoms in total. The number of hydrogen-bond donors (Lipinski definition) is 1. The Labute approximate surface area is 103 Å². The van der Waals surface area contributed by atoms with Gasteiger partial charge in [0.1, 0.15) is 5.75 Å². The van der Waals surface area contributed by atoms with E-state index in [1.54, 1.807) is 12.3 Å². The molecule has 86 valence electrons. The van der Waals surface area contributed by atoms with Crippen LogP contribution < -0.4 is 10.2 Å². The zero-order valence-corrected chi connectivity index (χ0v) is 10.0. The summed E-state index contributed by atoms with van der Waals surface area (Å²) in [5.74, 6) is 0.669. The topological polar surface area (TPSA) is 51.6 Å². The van der Waals surface area contributed by atoms with Crippen LogP contribution in [0.25, 0.3) is 0 Å². The molecular formula is C11H10BNO3S. The largest absolute Gasteiger partial charge is 0.491 e. The second kappa shape index (κ2) is 4.14. The molecule has 1 aromatic carbocycles. The fraction of sp³-hybridized carbons (Fsp3) is 0.182. The van der Waals surface area contributed by atoms with Gasteiger partial charge in [-0.25, -0.2) is 4.98 Å². The quantitative estimate of drug-likeness (QED) is 0.816. The number of nitrogens with zero attached hydrogens (tertiary/aromatic N) is 1. The molecule has 1 N–H and O–H groups in total. The minimum atomic E-state index is -0.841. The van der Waals surface area contributed by atoms with Crippen LogP contribution in [0.3, 0.4) is 0 Å². The molecule has 3 rings (SSSR count). The number of rotatable bonds is 2. The van der Waals surface area contributed by atoms with Gasteiger partial charge in [0.15, 0.2) is 0 Å². The number of hydrogen-bond acceptors (Lipinski definition) is 5. The van der Waals surface area contributed by atoms with Crippen LogP contribution in [0.5, 0.6) is 10.9 Å². The van der Waals surface area contributed by atoms with Crippen molar-refractivity contribution in [3.05, 3.63) is 34.8 Å². The number of benzene rings is 1. The predicted molar refractivity (Wildman–Crippen MR) is 65.8 cm³/mol. The molecule has 0 aliphatic carbocycles. The van der Waals surface area contributed by atoms with Gasteiger partial charge < -0.3 is 14.4 Å². The highest BCUT2D eigenvalue weighted by atomic mass is 32.1. The third-order valence-corrected chi connectivity index (χ3v) is 3.38. The van der Waals surface area contributed by atoms with Crippen LogP contribution in [0.4, 0.5) is 0 Å². The van der Waals surface area contributed by atoms with Crippen LogP contribution >= 0.6 is 11.3 Å². The highest BCUT2D eigenvalue weighted by Crippen LogP contribution is 2.26. The molecule has 0 saturated heterocycles. The second-order valence-electron chi connectivity index (χ2n) is 3.86. The Balaban J connectivity index is 1.87. The number of fused-ring (bicyclic) bond motifs is 1. The fourth-order valence-electron chi connectivity index (χ4n) is 1.74. The van der Waals surface area contributed by atoms with E-state index in [-0.39, 0.29) is 0 Å². The Morgan fingerprint density at radius 1 is 1.53 bits per heavy atom. The summed E-state index contributed by atoms with van der Waals surface area (Å²) in [7, 11) is -0.841. The summed E-state index contributed by atoms with van der Waals surface area (Å²) in [6.45, 7) is 2.43. The summed E-state index contributed by atoms with van der Waals surface area (Å²) in [4.78, 5) is 5.23. The Kier molecular flexibility index (Phi) is 2.62. The van der Waals surface area contributed by atoms with E-state index in [0.717, 1.165) is 15.9 Å². The fourth-order valence-corrected chi connectivity index (χ4v) is 2.36. The van der Waals surface area contributed by atoms with Crippen LogP contribution in [0, 0.1) is 6.92 Å². The molecule has 2 aromatic rings. The Hall–Kier alpha value is -1.37. The normalized spacial score (nSPS) is 13.9. The summed E-state index contributed by atoms with van der Waals surface area (Å²) in [6.07, 6.45) is 1.77. The molecule has 2 heterocycles. The predicted octanol–water partition coefficient (Wildman–Crippen LogP) is 1.46. The number of thiazole rings is 1. The van der Waals surface area contributed by atoms with E-state index in [1.165, 1.54) is 11.3 Å². The zero-order valence-electron chi connectivity index (χ0n) is 9.21. The molecule has 0 spiro atoms. The third kappa shape index (κ3) is 2.07. The Bertz CT molecular complexity index is 557. The maximum absolute atomic E-state index is 9.59. The van der Waals surface area contributed by atoms with E-state index < -0.39 is 7.12 Å². The van der Waals surface area contributed by atoms with Gasteiger partial charge in [0.25, 0.3) is 5.19 Å². The smallest absolute Gasteiger partial charge is 0.431 e. The molecule has 0 bridgehead atoms. The molecule has 0 radical (unpaired) electrons. The first-order valence-corrected chi connectivity index (χ1v) is 6.07. The van der Waals surface area contributed by atoms with Gasteiger partial charge in [0.2, 0.25) is 0 Å². The summed E-state index contributed by atoms with van der Waals surface area (Å²) in [5.41, 5.74) is 1.77. The van der Waals surface area contributed by atoms with Gasteiger partial charge in [0.05, 0.1) is 6.61 Å². The standard InChI is InChI=1S/C11H10BNO3S/c1-7-5-13-11(17-7)16-9-3-2-8-6-15-12(14)10(8)4-9/h2-5,14H,6H2,1H3. The molecule has 0 amide bonds. The van der Waals surface area contributed by atoms with E-state index in [1.807, 2.05) is 19.1 Å². The van der Waals surface area contributed by atoms with E-state index in [0.29, 0.717) is 17.6 Å². The first-order chi connectivity index (χ1) is 8.22. The monoisotopic (exact) mass is 247 g/mol. The minimum absolute atomic E-state index is 0.452. The molecule has 1 aromatic heterocycles. The lowest BCUT2D eigenvalue weighted by Crippen LogP contribution is -2.27. The highest BCUT2D eigenvalue weighted by Gasteiger charge is 2.27. The molecule has 0 fully saturated rings. The molecule has 0 atom stereocenters. The number of ether oxygens (including phenoxy) is 1. The van der Waals surface area contributed by atoms with Crippen molar-refractivity contribution < 1.29 is 14.4 Å². The van der Waals surface area contributed by atoms with E-state index in [9.17, 15) is 5.02 Å². The van der Waals surface area contributed by atoms with Crippen LogP contribution in [0.2, 0.25) is 0 Å². The van der Waals surface area contributed by atoms with Crippen molar-refractivity contribution in [2.24, 2.45) is 0 Å². The van der Waals surface area contributed by atoms with Gasteiger partial charge in [-0.2, -0.15) is 0 Å². The molecular weight excluding hydrogens is 237 g/mol. The van der Waals surface area contributed by atoms with Crippen molar-refractivity contribution in [1.29, 1.82) is 0 Å². The van der Waals surface area contributed by atoms with Gasteiger partial charge in [-0.1, -0.05) is 17.4 Å². The lowest BCUT2D eigenvalue weighted by Gasteiger charge is -2.04. The van der Waals surface area contributed by atoms with Gasteiger partial charge in [-0.3, -0.25) is 0 Å². The lowest BCUT2D eigenvalue weighted by atomic mass is 9.79. The molecule has 1 aliphatic rings. The van der Waals surface area contributed by atoms with Crippen molar-refractivity contribution in [3.8, 4) is 10.9 Å². The molecule has 17 heavy (non-hydrogen) atoms. The number of aryl methyl sites for hydroxylation is 1. The minimum Gasteiger partial charge on any atom is -0.431 e. The van der Waals surface area contributed by atoms with Crippen molar-refractivity contribution in [2.75, 3.05) is 0 Å². The molecule has 6 heteroatoms. The summed E-state index contributed by atoms with van der Waals surface area (Å²) in [6, 6.07) is 5.56. The SMILES string of the molecule is Cc1cnc(Oc2ccc3c(c2)B(O)OC3)s1. The maximum Gasteiger partial charge on any atom is 0.491 e.